The van der Waals surface area contributed by atoms with Gasteiger partial charge in [-0.1, -0.05) is 53.6 Å². The van der Waals surface area contributed by atoms with E-state index >= 15 is 0 Å². The number of Topliss-reactive ketones (excluding diaryl/α,β-unsaturated/α-hetero) is 1. The maximum atomic E-state index is 12.9. The summed E-state index contributed by atoms with van der Waals surface area (Å²) in [6, 6.07) is 18.4. The minimum Gasteiger partial charge on any atom is -0.480 e. The molecule has 1 aliphatic rings. The number of halogens is 4. The number of nitrogens with zero attached hydrogens (tertiary/aromatic N) is 3. The van der Waals surface area contributed by atoms with Crippen molar-refractivity contribution < 1.29 is 42.2 Å². The fourth-order valence-corrected chi connectivity index (χ4v) is 5.29. The molecule has 1 fully saturated rings. The highest BCUT2D eigenvalue weighted by Crippen LogP contribution is 2.48. The molecule has 1 aliphatic carbocycles. The van der Waals surface area contributed by atoms with E-state index in [-0.39, 0.29) is 36.8 Å². The first kappa shape index (κ1) is 38.5. The number of carboxylic acids is 1. The van der Waals surface area contributed by atoms with Crippen LogP contribution >= 0.6 is 11.6 Å². The van der Waals surface area contributed by atoms with Crippen LogP contribution in [0.25, 0.3) is 0 Å². The number of aliphatic carboxylic acids is 1. The minimum absolute atomic E-state index is 0.0117. The molecule has 13 nitrogen and oxygen atoms in total. The van der Waals surface area contributed by atoms with Crippen LogP contribution in [0.2, 0.25) is 5.02 Å². The average molecular weight is 754 g/mol. The third-order valence-corrected chi connectivity index (χ3v) is 8.47. The number of amides is 2. The number of ether oxygens (including phenoxy) is 1. The summed E-state index contributed by atoms with van der Waals surface area (Å²) in [6.45, 7) is 0.138. The number of alkyl halides is 3. The molecule has 0 unspecified atom stereocenters. The van der Waals surface area contributed by atoms with Crippen LogP contribution in [0.3, 0.4) is 0 Å². The molecule has 1 saturated carbocycles. The van der Waals surface area contributed by atoms with Crippen LogP contribution in [0.1, 0.15) is 52.7 Å². The first-order chi connectivity index (χ1) is 25.2. The lowest BCUT2D eigenvalue weighted by Gasteiger charge is -2.19. The van der Waals surface area contributed by atoms with Crippen molar-refractivity contribution >= 4 is 52.8 Å². The van der Waals surface area contributed by atoms with Crippen LogP contribution < -0.4 is 26.0 Å². The van der Waals surface area contributed by atoms with Gasteiger partial charge in [0.2, 0.25) is 17.7 Å². The van der Waals surface area contributed by atoms with Crippen molar-refractivity contribution in [3.63, 3.8) is 0 Å². The van der Waals surface area contributed by atoms with Gasteiger partial charge in [0, 0.05) is 29.2 Å². The standard InChI is InChI=1S/C36H35ClF3N7O6/c1-21-2-4-22(5-3-21)6-15-28(48)30(50)41-19-16-27(31(51)52)43-29(49)23-7-13-26(14-8-23)42-32-44-33(46-34(45-32)53-20-36(38,39)40)47-35(17-18-35)24-9-11-25(37)12-10-24/h2-5,7-14,27H,6,15-20H2,1H3,(H,41,50)(H,43,49)(H,51,52)(H2,42,44,45,46,47)/t27-/m0/s1. The predicted molar refractivity (Wildman–Crippen MR) is 188 cm³/mol. The van der Waals surface area contributed by atoms with Gasteiger partial charge in [-0.15, -0.1) is 0 Å². The number of nitrogens with one attached hydrogen (secondary N) is 4. The number of carbonyl (C=O) groups excluding carboxylic acids is 3. The van der Waals surface area contributed by atoms with E-state index in [4.69, 9.17) is 16.3 Å². The molecule has 17 heteroatoms. The molecular formula is C36H35ClF3N7O6. The van der Waals surface area contributed by atoms with E-state index in [2.05, 4.69) is 36.2 Å². The van der Waals surface area contributed by atoms with E-state index < -0.39 is 53.9 Å². The summed E-state index contributed by atoms with van der Waals surface area (Å²) in [6.07, 6.45) is -3.05. The van der Waals surface area contributed by atoms with Gasteiger partial charge in [-0.05, 0) is 80.1 Å². The molecular weight excluding hydrogens is 719 g/mol. The fourth-order valence-electron chi connectivity index (χ4n) is 5.16. The van der Waals surface area contributed by atoms with Gasteiger partial charge in [0.05, 0.1) is 5.54 Å². The maximum Gasteiger partial charge on any atom is 0.422 e. The predicted octanol–water partition coefficient (Wildman–Crippen LogP) is 5.51. The number of carboxylic acid groups (broad SMARTS) is 1. The van der Waals surface area contributed by atoms with Crippen LogP contribution in [0.5, 0.6) is 6.01 Å². The van der Waals surface area contributed by atoms with Crippen molar-refractivity contribution in [1.29, 1.82) is 0 Å². The van der Waals surface area contributed by atoms with Gasteiger partial charge in [0.25, 0.3) is 11.8 Å². The van der Waals surface area contributed by atoms with Crippen molar-refractivity contribution in [1.82, 2.24) is 25.6 Å². The quantitative estimate of drug-likeness (QED) is 0.0857. The molecule has 3 aromatic carbocycles. The molecule has 0 saturated heterocycles. The lowest BCUT2D eigenvalue weighted by atomic mass is 10.1. The molecule has 5 N–H and O–H groups in total. The lowest BCUT2D eigenvalue weighted by molar-refractivity contribution is -0.154. The number of hydrogen-bond donors (Lipinski definition) is 5. The van der Waals surface area contributed by atoms with Gasteiger partial charge in [0.1, 0.15) is 6.04 Å². The Morgan fingerprint density at radius 2 is 1.58 bits per heavy atom. The number of aryl methyl sites for hydroxylation is 2. The third kappa shape index (κ3) is 11.4. The second-order valence-corrected chi connectivity index (χ2v) is 12.8. The summed E-state index contributed by atoms with van der Waals surface area (Å²) in [5, 5.41) is 21.0. The Bertz CT molecular complexity index is 1940. The van der Waals surface area contributed by atoms with Crippen molar-refractivity contribution in [2.75, 3.05) is 23.8 Å². The van der Waals surface area contributed by atoms with Crippen LogP contribution in [0.15, 0.2) is 72.8 Å². The Morgan fingerprint density at radius 1 is 0.925 bits per heavy atom. The maximum absolute atomic E-state index is 12.9. The normalized spacial score (nSPS) is 13.7. The van der Waals surface area contributed by atoms with E-state index in [1.165, 1.54) is 24.3 Å². The average Bonchev–Trinajstić information content (AvgIpc) is 3.90. The Balaban J connectivity index is 1.17. The largest absolute Gasteiger partial charge is 0.480 e. The van der Waals surface area contributed by atoms with Gasteiger partial charge < -0.3 is 31.1 Å². The second-order valence-electron chi connectivity index (χ2n) is 12.4. The summed E-state index contributed by atoms with van der Waals surface area (Å²) >= 11 is 6.02. The second kappa shape index (κ2) is 16.7. The molecule has 278 valence electrons. The summed E-state index contributed by atoms with van der Waals surface area (Å²) in [7, 11) is 0. The van der Waals surface area contributed by atoms with Crippen LogP contribution in [0.4, 0.5) is 30.8 Å². The van der Waals surface area contributed by atoms with E-state index in [9.17, 15) is 37.5 Å². The summed E-state index contributed by atoms with van der Waals surface area (Å²) in [5.74, 6) is -3.74. The topological polar surface area (TPSA) is 185 Å². The van der Waals surface area contributed by atoms with Gasteiger partial charge in [0.15, 0.2) is 6.61 Å². The van der Waals surface area contributed by atoms with E-state index in [1.807, 2.05) is 43.3 Å². The van der Waals surface area contributed by atoms with E-state index in [0.29, 0.717) is 30.0 Å². The van der Waals surface area contributed by atoms with Crippen LogP contribution in [-0.4, -0.2) is 69.0 Å². The summed E-state index contributed by atoms with van der Waals surface area (Å²) in [5.41, 5.74) is 2.73. The highest BCUT2D eigenvalue weighted by atomic mass is 35.5. The molecule has 1 heterocycles. The summed E-state index contributed by atoms with van der Waals surface area (Å²) < 4.78 is 43.6. The van der Waals surface area contributed by atoms with Crippen molar-refractivity contribution in [2.45, 2.75) is 56.8 Å². The Kier molecular flexibility index (Phi) is 12.1. The van der Waals surface area contributed by atoms with Gasteiger partial charge in [-0.3, -0.25) is 14.4 Å². The zero-order valence-corrected chi connectivity index (χ0v) is 29.1. The molecule has 5 rings (SSSR count). The number of hydrogen-bond acceptors (Lipinski definition) is 10. The molecule has 2 amide bonds. The Morgan fingerprint density at radius 3 is 2.21 bits per heavy atom. The number of rotatable bonds is 17. The molecule has 0 aliphatic heterocycles. The molecule has 0 bridgehead atoms. The molecule has 0 radical (unpaired) electrons. The first-order valence-corrected chi connectivity index (χ1v) is 16.8. The SMILES string of the molecule is Cc1ccc(CCC(=O)C(=O)NCC[C@H](NC(=O)c2ccc(Nc3nc(NC4(c5ccc(Cl)cc5)CC4)nc(OCC(F)(F)F)n3)cc2)C(=O)O)cc1. The smallest absolute Gasteiger partial charge is 0.422 e. The molecule has 53 heavy (non-hydrogen) atoms. The Labute approximate surface area is 306 Å². The lowest BCUT2D eigenvalue weighted by Crippen LogP contribution is -2.43. The van der Waals surface area contributed by atoms with Crippen LogP contribution in [-0.2, 0) is 26.3 Å². The third-order valence-electron chi connectivity index (χ3n) is 8.22. The summed E-state index contributed by atoms with van der Waals surface area (Å²) in [4.78, 5) is 61.5. The molecule has 0 spiro atoms. The van der Waals surface area contributed by atoms with Gasteiger partial charge in [-0.25, -0.2) is 4.79 Å². The van der Waals surface area contributed by atoms with Gasteiger partial charge >= 0.3 is 18.2 Å². The molecule has 1 atom stereocenters. The zero-order chi connectivity index (χ0) is 38.2. The monoisotopic (exact) mass is 753 g/mol. The number of ketones is 1. The van der Waals surface area contributed by atoms with Crippen LogP contribution in [0, 0.1) is 6.92 Å². The highest BCUT2D eigenvalue weighted by Gasteiger charge is 2.45. The zero-order valence-electron chi connectivity index (χ0n) is 28.3. The van der Waals surface area contributed by atoms with Crippen molar-refractivity contribution in [3.05, 3.63) is 100 Å². The number of aromatic nitrogens is 3. The van der Waals surface area contributed by atoms with Gasteiger partial charge in [-0.2, -0.15) is 28.1 Å². The molecule has 4 aromatic rings. The van der Waals surface area contributed by atoms with Crippen molar-refractivity contribution in [3.8, 4) is 6.01 Å². The fraction of sp³-hybridized carbons (Fsp3) is 0.306. The minimum atomic E-state index is -4.64. The number of anilines is 3. The van der Waals surface area contributed by atoms with E-state index in [1.54, 1.807) is 12.1 Å². The first-order valence-electron chi connectivity index (χ1n) is 16.5. The number of benzene rings is 3. The Hall–Kier alpha value is -5.77. The molecule has 1 aromatic heterocycles. The number of carbonyl (C=O) groups is 4. The van der Waals surface area contributed by atoms with Crippen molar-refractivity contribution in [2.24, 2.45) is 0 Å². The van der Waals surface area contributed by atoms with E-state index in [0.717, 1.165) is 16.7 Å². The highest BCUT2D eigenvalue weighted by molar-refractivity contribution is 6.36.